The van der Waals surface area contributed by atoms with Gasteiger partial charge >= 0.3 is 6.03 Å². The van der Waals surface area contributed by atoms with E-state index in [4.69, 9.17) is 14.7 Å². The van der Waals surface area contributed by atoms with E-state index in [1.807, 2.05) is 43.0 Å². The van der Waals surface area contributed by atoms with E-state index in [2.05, 4.69) is 22.5 Å². The van der Waals surface area contributed by atoms with Crippen molar-refractivity contribution in [2.24, 2.45) is 0 Å². The van der Waals surface area contributed by atoms with E-state index in [9.17, 15) is 9.59 Å². The monoisotopic (exact) mass is 452 g/mol. The summed E-state index contributed by atoms with van der Waals surface area (Å²) in [6.45, 7) is 11.0. The lowest BCUT2D eigenvalue weighted by atomic mass is 9.97. The van der Waals surface area contributed by atoms with Crippen LogP contribution in [0.15, 0.2) is 24.3 Å². The maximum Gasteiger partial charge on any atom is 0.319 e. The summed E-state index contributed by atoms with van der Waals surface area (Å²) in [7, 11) is 0. The van der Waals surface area contributed by atoms with Crippen molar-refractivity contribution in [1.82, 2.24) is 20.2 Å². The van der Waals surface area contributed by atoms with Crippen LogP contribution in [0.2, 0.25) is 0 Å². The number of amides is 3. The van der Waals surface area contributed by atoms with Crippen LogP contribution < -0.4 is 15.5 Å². The molecule has 1 saturated heterocycles. The second-order valence-corrected chi connectivity index (χ2v) is 8.55. The Bertz CT molecular complexity index is 1030. The molecule has 0 aliphatic carbocycles. The molecule has 33 heavy (non-hydrogen) atoms. The van der Waals surface area contributed by atoms with E-state index in [-0.39, 0.29) is 24.0 Å². The van der Waals surface area contributed by atoms with Crippen molar-refractivity contribution >= 4 is 23.4 Å². The lowest BCUT2D eigenvalue weighted by Gasteiger charge is -2.39. The Morgan fingerprint density at radius 1 is 1.15 bits per heavy atom. The van der Waals surface area contributed by atoms with Gasteiger partial charge in [-0.2, -0.15) is 0 Å². The molecule has 0 saturated carbocycles. The Morgan fingerprint density at radius 3 is 2.58 bits per heavy atom. The molecular formula is C24H32N6O3. The van der Waals surface area contributed by atoms with Crippen molar-refractivity contribution < 1.29 is 14.3 Å². The Kier molecular flexibility index (Phi) is 6.78. The van der Waals surface area contributed by atoms with Crippen LogP contribution in [-0.2, 0) is 16.0 Å². The fraction of sp³-hybridized carbons (Fsp3) is 0.500. The zero-order chi connectivity index (χ0) is 23.5. The molecule has 2 atom stereocenters. The predicted octanol–water partition coefficient (Wildman–Crippen LogP) is 2.98. The molecule has 3 heterocycles. The molecule has 2 N–H and O–H groups in total. The first kappa shape index (κ1) is 23.0. The average molecular weight is 453 g/mol. The molecule has 3 amide bonds. The predicted molar refractivity (Wildman–Crippen MR) is 127 cm³/mol. The molecule has 9 heteroatoms. The van der Waals surface area contributed by atoms with Crippen molar-refractivity contribution in [1.29, 1.82) is 0 Å². The third kappa shape index (κ3) is 4.78. The highest BCUT2D eigenvalue weighted by Crippen LogP contribution is 2.36. The molecule has 2 aliphatic heterocycles. The molecule has 1 aromatic carbocycles. The number of nitrogens with one attached hydrogen (secondary N) is 2. The first-order valence-electron chi connectivity index (χ1n) is 11.6. The maximum absolute atomic E-state index is 12.2. The zero-order valence-electron chi connectivity index (χ0n) is 19.7. The van der Waals surface area contributed by atoms with E-state index in [0.717, 1.165) is 35.6 Å². The quantitative estimate of drug-likeness (QED) is 0.740. The SMILES string of the molecule is CCNC(=O)Nc1ccc(-c2nc3c(c(N4CCOCC4C)n2)CCN(C(C)=O)C3C)cc1. The summed E-state index contributed by atoms with van der Waals surface area (Å²) in [5.41, 5.74) is 3.57. The third-order valence-corrected chi connectivity index (χ3v) is 6.27. The summed E-state index contributed by atoms with van der Waals surface area (Å²) >= 11 is 0. The highest BCUT2D eigenvalue weighted by Gasteiger charge is 2.33. The van der Waals surface area contributed by atoms with Crippen molar-refractivity contribution in [3.05, 3.63) is 35.5 Å². The smallest absolute Gasteiger partial charge is 0.319 e. The standard InChI is InChI=1S/C24H32N6O3/c1-5-25-24(32)26-19-8-6-18(7-9-19)22-27-21-16(3)30(17(4)31)11-10-20(21)23(28-22)29-12-13-33-14-15(29)2/h6-9,15-16H,5,10-14H2,1-4H3,(H2,25,26,32). The van der Waals surface area contributed by atoms with Crippen LogP contribution in [0.4, 0.5) is 16.3 Å². The molecule has 2 unspecified atom stereocenters. The van der Waals surface area contributed by atoms with Crippen molar-refractivity contribution in [3.8, 4) is 11.4 Å². The largest absolute Gasteiger partial charge is 0.377 e. The lowest BCUT2D eigenvalue weighted by Crippen LogP contribution is -2.46. The van der Waals surface area contributed by atoms with Crippen LogP contribution in [0.1, 0.15) is 45.0 Å². The lowest BCUT2D eigenvalue weighted by molar-refractivity contribution is -0.131. The van der Waals surface area contributed by atoms with Crippen LogP contribution in [0.5, 0.6) is 0 Å². The topological polar surface area (TPSA) is 99.7 Å². The van der Waals surface area contributed by atoms with E-state index in [0.29, 0.717) is 37.8 Å². The van der Waals surface area contributed by atoms with Crippen molar-refractivity contribution in [2.75, 3.05) is 43.1 Å². The number of urea groups is 1. The van der Waals surface area contributed by atoms with Gasteiger partial charge in [-0.15, -0.1) is 0 Å². The number of carbonyl (C=O) groups is 2. The molecule has 9 nitrogen and oxygen atoms in total. The number of hydrogen-bond acceptors (Lipinski definition) is 6. The van der Waals surface area contributed by atoms with Gasteiger partial charge in [-0.25, -0.2) is 14.8 Å². The van der Waals surface area contributed by atoms with Gasteiger partial charge in [0.25, 0.3) is 0 Å². The van der Waals surface area contributed by atoms with Gasteiger partial charge in [-0.05, 0) is 51.5 Å². The van der Waals surface area contributed by atoms with Gasteiger partial charge in [0, 0.05) is 43.4 Å². The fourth-order valence-corrected chi connectivity index (χ4v) is 4.52. The Morgan fingerprint density at radius 2 is 1.91 bits per heavy atom. The molecule has 0 bridgehead atoms. The molecule has 4 rings (SSSR count). The molecule has 1 fully saturated rings. The average Bonchev–Trinajstić information content (AvgIpc) is 2.80. The first-order valence-corrected chi connectivity index (χ1v) is 11.6. The van der Waals surface area contributed by atoms with E-state index >= 15 is 0 Å². The van der Waals surface area contributed by atoms with Gasteiger partial charge in [0.05, 0.1) is 31.0 Å². The molecular weight excluding hydrogens is 420 g/mol. The normalized spacial score (nSPS) is 20.2. The van der Waals surface area contributed by atoms with Crippen LogP contribution in [0.25, 0.3) is 11.4 Å². The number of carbonyl (C=O) groups excluding carboxylic acids is 2. The fourth-order valence-electron chi connectivity index (χ4n) is 4.52. The summed E-state index contributed by atoms with van der Waals surface area (Å²) < 4.78 is 5.65. The minimum Gasteiger partial charge on any atom is -0.377 e. The van der Waals surface area contributed by atoms with Gasteiger partial charge in [0.1, 0.15) is 5.82 Å². The molecule has 176 valence electrons. The summed E-state index contributed by atoms with van der Waals surface area (Å²) in [5.74, 6) is 1.60. The highest BCUT2D eigenvalue weighted by molar-refractivity contribution is 5.89. The van der Waals surface area contributed by atoms with Gasteiger partial charge in [-0.3, -0.25) is 4.79 Å². The Labute approximate surface area is 194 Å². The minimum absolute atomic E-state index is 0.0513. The maximum atomic E-state index is 12.2. The second-order valence-electron chi connectivity index (χ2n) is 8.55. The number of hydrogen-bond donors (Lipinski definition) is 2. The molecule has 2 aliphatic rings. The third-order valence-electron chi connectivity index (χ3n) is 6.27. The number of benzene rings is 1. The van der Waals surface area contributed by atoms with E-state index < -0.39 is 0 Å². The number of fused-ring (bicyclic) bond motifs is 1. The summed E-state index contributed by atoms with van der Waals surface area (Å²) in [6, 6.07) is 7.35. The number of rotatable bonds is 4. The van der Waals surface area contributed by atoms with Gasteiger partial charge in [0.2, 0.25) is 5.91 Å². The number of morpholine rings is 1. The number of aromatic nitrogens is 2. The van der Waals surface area contributed by atoms with E-state index in [1.165, 1.54) is 0 Å². The molecule has 1 aromatic heterocycles. The van der Waals surface area contributed by atoms with Crippen LogP contribution in [0.3, 0.4) is 0 Å². The van der Waals surface area contributed by atoms with Gasteiger partial charge in [-0.1, -0.05) is 0 Å². The molecule has 0 spiro atoms. The Balaban J connectivity index is 1.73. The first-order chi connectivity index (χ1) is 15.9. The Hall–Kier alpha value is -3.20. The van der Waals surface area contributed by atoms with Crippen molar-refractivity contribution in [2.45, 2.75) is 46.2 Å². The summed E-state index contributed by atoms with van der Waals surface area (Å²) in [6.07, 6.45) is 0.730. The van der Waals surface area contributed by atoms with Crippen molar-refractivity contribution in [3.63, 3.8) is 0 Å². The highest BCUT2D eigenvalue weighted by atomic mass is 16.5. The number of anilines is 2. The van der Waals surface area contributed by atoms with Crippen LogP contribution in [-0.4, -0.2) is 65.7 Å². The van der Waals surface area contributed by atoms with Gasteiger partial charge < -0.3 is 25.2 Å². The second kappa shape index (κ2) is 9.74. The van der Waals surface area contributed by atoms with Gasteiger partial charge in [0.15, 0.2) is 5.82 Å². The summed E-state index contributed by atoms with van der Waals surface area (Å²) in [4.78, 5) is 38.1. The number of nitrogens with zero attached hydrogens (tertiary/aromatic N) is 4. The van der Waals surface area contributed by atoms with Crippen LogP contribution >= 0.6 is 0 Å². The molecule has 2 aromatic rings. The van der Waals surface area contributed by atoms with Crippen LogP contribution in [0, 0.1) is 0 Å². The minimum atomic E-state index is -0.239. The number of ether oxygens (including phenoxy) is 1. The van der Waals surface area contributed by atoms with E-state index in [1.54, 1.807) is 6.92 Å². The zero-order valence-corrected chi connectivity index (χ0v) is 19.7. The molecule has 0 radical (unpaired) electrons. The summed E-state index contributed by atoms with van der Waals surface area (Å²) in [5, 5.41) is 5.53.